The molecule has 0 radical (unpaired) electrons. The zero-order chi connectivity index (χ0) is 23.7. The molecule has 0 aliphatic carbocycles. The molecule has 3 heterocycles. The molecule has 0 saturated heterocycles. The summed E-state index contributed by atoms with van der Waals surface area (Å²) in [6.45, 7) is 1.60. The largest absolute Gasteiger partial charge is 0.322 e. The summed E-state index contributed by atoms with van der Waals surface area (Å²) in [4.78, 5) is 27.1. The van der Waals surface area contributed by atoms with Crippen molar-refractivity contribution in [2.75, 3.05) is 5.32 Å². The molecule has 1 amide bonds. The van der Waals surface area contributed by atoms with Crippen LogP contribution < -0.4 is 5.32 Å². The Morgan fingerprint density at radius 3 is 2.41 bits per heavy atom. The minimum atomic E-state index is -0.471. The standard InChI is InChI=1S/C24H17N7O3/c1-15-14-18(4-8-21(15)31(33)34)24(32)26-19-5-2-16(3-6-19)20-7-9-22-27-28-23(30(22)29-20)17-10-12-25-13-11-17/h2-14H,1H3,(H,26,32). The third-order valence-corrected chi connectivity index (χ3v) is 5.30. The van der Waals surface area contributed by atoms with Crippen molar-refractivity contribution in [3.05, 3.63) is 100 Å². The Hall–Kier alpha value is -4.99. The number of nitrogens with zero attached hydrogens (tertiary/aromatic N) is 6. The fraction of sp³-hybridized carbons (Fsp3) is 0.0417. The maximum atomic E-state index is 12.6. The highest BCUT2D eigenvalue weighted by Gasteiger charge is 2.14. The predicted molar refractivity (Wildman–Crippen MR) is 125 cm³/mol. The molecule has 0 spiro atoms. The van der Waals surface area contributed by atoms with Gasteiger partial charge in [0.1, 0.15) is 0 Å². The van der Waals surface area contributed by atoms with E-state index in [1.165, 1.54) is 18.2 Å². The van der Waals surface area contributed by atoms with E-state index in [1.807, 2.05) is 36.4 Å². The summed E-state index contributed by atoms with van der Waals surface area (Å²) < 4.78 is 1.68. The highest BCUT2D eigenvalue weighted by atomic mass is 16.6. The van der Waals surface area contributed by atoms with Gasteiger partial charge in [-0.15, -0.1) is 10.2 Å². The average molecular weight is 451 g/mol. The van der Waals surface area contributed by atoms with Gasteiger partial charge in [-0.3, -0.25) is 19.9 Å². The van der Waals surface area contributed by atoms with Crippen LogP contribution in [-0.2, 0) is 0 Å². The van der Waals surface area contributed by atoms with Gasteiger partial charge in [-0.25, -0.2) is 0 Å². The first-order valence-corrected chi connectivity index (χ1v) is 10.3. The number of anilines is 1. The number of nitrogens with one attached hydrogen (secondary N) is 1. The van der Waals surface area contributed by atoms with Crippen LogP contribution in [0, 0.1) is 17.0 Å². The van der Waals surface area contributed by atoms with Crippen molar-refractivity contribution in [3.8, 4) is 22.6 Å². The van der Waals surface area contributed by atoms with Gasteiger partial charge in [0.05, 0.1) is 10.6 Å². The summed E-state index contributed by atoms with van der Waals surface area (Å²) >= 11 is 0. The van der Waals surface area contributed by atoms with Crippen LogP contribution in [0.1, 0.15) is 15.9 Å². The number of rotatable bonds is 5. The molecule has 1 N–H and O–H groups in total. The third kappa shape index (κ3) is 3.95. The number of fused-ring (bicyclic) bond motifs is 1. The van der Waals surface area contributed by atoms with Gasteiger partial charge in [-0.1, -0.05) is 12.1 Å². The number of aryl methyl sites for hydroxylation is 1. The van der Waals surface area contributed by atoms with E-state index in [9.17, 15) is 14.9 Å². The van der Waals surface area contributed by atoms with Crippen LogP contribution in [0.2, 0.25) is 0 Å². The lowest BCUT2D eigenvalue weighted by atomic mass is 10.1. The maximum absolute atomic E-state index is 12.6. The molecule has 0 saturated carbocycles. The Balaban J connectivity index is 1.37. The molecule has 34 heavy (non-hydrogen) atoms. The molecule has 5 rings (SSSR count). The van der Waals surface area contributed by atoms with Crippen LogP contribution in [0.25, 0.3) is 28.3 Å². The number of nitro benzene ring substituents is 1. The number of pyridine rings is 1. The molecule has 5 aromatic rings. The quantitative estimate of drug-likeness (QED) is 0.311. The molecule has 0 atom stereocenters. The maximum Gasteiger partial charge on any atom is 0.272 e. The van der Waals surface area contributed by atoms with E-state index in [1.54, 1.807) is 36.0 Å². The average Bonchev–Trinajstić information content (AvgIpc) is 3.28. The lowest BCUT2D eigenvalue weighted by Crippen LogP contribution is -2.12. The number of nitro groups is 1. The number of amides is 1. The Labute approximate surface area is 193 Å². The zero-order valence-electron chi connectivity index (χ0n) is 17.9. The van der Waals surface area contributed by atoms with Gasteiger partial charge in [-0.05, 0) is 55.5 Å². The van der Waals surface area contributed by atoms with E-state index in [4.69, 9.17) is 0 Å². The zero-order valence-corrected chi connectivity index (χ0v) is 17.9. The molecule has 166 valence electrons. The molecule has 0 aliphatic heterocycles. The first kappa shape index (κ1) is 20.9. The van der Waals surface area contributed by atoms with Crippen molar-refractivity contribution < 1.29 is 9.72 Å². The number of hydrogen-bond acceptors (Lipinski definition) is 7. The van der Waals surface area contributed by atoms with E-state index in [2.05, 4.69) is 25.6 Å². The molecule has 2 aromatic carbocycles. The summed E-state index contributed by atoms with van der Waals surface area (Å²) in [5.41, 5.74) is 4.37. The third-order valence-electron chi connectivity index (χ3n) is 5.30. The number of benzene rings is 2. The van der Waals surface area contributed by atoms with Gasteiger partial charge in [0.15, 0.2) is 11.5 Å². The monoisotopic (exact) mass is 451 g/mol. The van der Waals surface area contributed by atoms with Crippen LogP contribution in [0.5, 0.6) is 0 Å². The fourth-order valence-electron chi connectivity index (χ4n) is 3.55. The first-order valence-electron chi connectivity index (χ1n) is 10.3. The van der Waals surface area contributed by atoms with E-state index in [-0.39, 0.29) is 11.6 Å². The van der Waals surface area contributed by atoms with Crippen molar-refractivity contribution >= 4 is 22.9 Å². The minimum absolute atomic E-state index is 0.0226. The van der Waals surface area contributed by atoms with Gasteiger partial charge in [0.25, 0.3) is 11.6 Å². The van der Waals surface area contributed by atoms with Gasteiger partial charge >= 0.3 is 0 Å². The SMILES string of the molecule is Cc1cc(C(=O)Nc2ccc(-c3ccc4nnc(-c5ccncc5)n4n3)cc2)ccc1[N+](=O)[O-]. The molecule has 0 bridgehead atoms. The number of carbonyl (C=O) groups is 1. The highest BCUT2D eigenvalue weighted by molar-refractivity contribution is 6.04. The van der Waals surface area contributed by atoms with E-state index in [0.717, 1.165) is 11.1 Å². The van der Waals surface area contributed by atoms with Gasteiger partial charge < -0.3 is 5.32 Å². The lowest BCUT2D eigenvalue weighted by Gasteiger charge is -2.08. The van der Waals surface area contributed by atoms with E-state index < -0.39 is 4.92 Å². The van der Waals surface area contributed by atoms with E-state index >= 15 is 0 Å². The van der Waals surface area contributed by atoms with Gasteiger partial charge in [0, 0.05) is 46.4 Å². The topological polar surface area (TPSA) is 128 Å². The van der Waals surface area contributed by atoms with Crippen molar-refractivity contribution in [3.63, 3.8) is 0 Å². The summed E-state index contributed by atoms with van der Waals surface area (Å²) in [6, 6.07) is 18.9. The molecular formula is C24H17N7O3. The van der Waals surface area contributed by atoms with Crippen molar-refractivity contribution in [2.24, 2.45) is 0 Å². The normalized spacial score (nSPS) is 10.9. The summed E-state index contributed by atoms with van der Waals surface area (Å²) in [7, 11) is 0. The molecule has 3 aromatic heterocycles. The minimum Gasteiger partial charge on any atom is -0.322 e. The fourth-order valence-corrected chi connectivity index (χ4v) is 3.55. The van der Waals surface area contributed by atoms with Gasteiger partial charge in [-0.2, -0.15) is 9.61 Å². The summed E-state index contributed by atoms with van der Waals surface area (Å²) in [5.74, 6) is 0.262. The second kappa shape index (κ2) is 8.51. The molecular weight excluding hydrogens is 434 g/mol. The van der Waals surface area contributed by atoms with Crippen molar-refractivity contribution in [2.45, 2.75) is 6.92 Å². The van der Waals surface area contributed by atoms with Crippen LogP contribution in [0.15, 0.2) is 79.1 Å². The number of aromatic nitrogens is 5. The van der Waals surface area contributed by atoms with Crippen molar-refractivity contribution in [1.82, 2.24) is 24.8 Å². The number of hydrogen-bond donors (Lipinski definition) is 1. The summed E-state index contributed by atoms with van der Waals surface area (Å²) in [6.07, 6.45) is 3.37. The van der Waals surface area contributed by atoms with Gasteiger partial charge in [0.2, 0.25) is 0 Å². The van der Waals surface area contributed by atoms with Crippen LogP contribution in [-0.4, -0.2) is 35.6 Å². The van der Waals surface area contributed by atoms with Crippen LogP contribution in [0.3, 0.4) is 0 Å². The molecule has 0 fully saturated rings. The molecule has 10 heteroatoms. The van der Waals surface area contributed by atoms with E-state index in [0.29, 0.717) is 34.0 Å². The molecule has 0 unspecified atom stereocenters. The second-order valence-corrected chi connectivity index (χ2v) is 7.54. The summed E-state index contributed by atoms with van der Waals surface area (Å²) in [5, 5.41) is 26.9. The Morgan fingerprint density at radius 2 is 1.71 bits per heavy atom. The first-order chi connectivity index (χ1) is 16.5. The number of carbonyl (C=O) groups excluding carboxylic acids is 1. The Bertz CT molecular complexity index is 1530. The van der Waals surface area contributed by atoms with Crippen LogP contribution in [0.4, 0.5) is 11.4 Å². The van der Waals surface area contributed by atoms with Crippen LogP contribution >= 0.6 is 0 Å². The smallest absolute Gasteiger partial charge is 0.272 e. The van der Waals surface area contributed by atoms with Crippen molar-refractivity contribution in [1.29, 1.82) is 0 Å². The lowest BCUT2D eigenvalue weighted by molar-refractivity contribution is -0.385. The predicted octanol–water partition coefficient (Wildman–Crippen LogP) is 4.32. The second-order valence-electron chi connectivity index (χ2n) is 7.54. The Morgan fingerprint density at radius 1 is 0.941 bits per heavy atom. The Kier molecular flexibility index (Phi) is 5.23. The highest BCUT2D eigenvalue weighted by Crippen LogP contribution is 2.23. The molecule has 0 aliphatic rings. The molecule has 10 nitrogen and oxygen atoms in total.